The van der Waals surface area contributed by atoms with Crippen LogP contribution in [-0.4, -0.2) is 38.0 Å². The highest BCUT2D eigenvalue weighted by atomic mass is 32.2. The molecule has 1 aromatic rings. The highest BCUT2D eigenvalue weighted by molar-refractivity contribution is 7.89. The van der Waals surface area contributed by atoms with Crippen LogP contribution in [-0.2, 0) is 19.6 Å². The minimum absolute atomic E-state index is 0.256. The van der Waals surface area contributed by atoms with Crippen molar-refractivity contribution in [1.82, 2.24) is 10.0 Å². The molecule has 1 aromatic carbocycles. The van der Waals surface area contributed by atoms with Crippen LogP contribution in [0.1, 0.15) is 26.7 Å². The van der Waals surface area contributed by atoms with Gasteiger partial charge in [0.1, 0.15) is 16.8 Å². The van der Waals surface area contributed by atoms with Crippen LogP contribution < -0.4 is 10.0 Å². The molecule has 1 amide bonds. The first-order chi connectivity index (χ1) is 11.2. The first-order valence-corrected chi connectivity index (χ1v) is 8.93. The number of sulfonamides is 1. The second kappa shape index (κ2) is 8.74. The lowest BCUT2D eigenvalue weighted by atomic mass is 9.99. The molecule has 0 aliphatic carbocycles. The van der Waals surface area contributed by atoms with Crippen molar-refractivity contribution in [2.24, 2.45) is 5.92 Å². The van der Waals surface area contributed by atoms with E-state index in [1.54, 1.807) is 13.8 Å². The van der Waals surface area contributed by atoms with Gasteiger partial charge in [0.05, 0.1) is 0 Å². The summed E-state index contributed by atoms with van der Waals surface area (Å²) in [6, 6.07) is 3.84. The molecule has 0 aliphatic rings. The second-order valence-corrected chi connectivity index (χ2v) is 7.08. The summed E-state index contributed by atoms with van der Waals surface area (Å²) in [6.45, 7) is 3.23. The number of hydrogen-bond acceptors (Lipinski definition) is 4. The fourth-order valence-electron chi connectivity index (χ4n) is 1.97. The van der Waals surface area contributed by atoms with Crippen molar-refractivity contribution in [3.05, 3.63) is 30.1 Å². The third-order valence-electron chi connectivity index (χ3n) is 3.57. The molecule has 134 valence electrons. The van der Waals surface area contributed by atoms with Crippen LogP contribution in [0.2, 0.25) is 0 Å². The molecule has 0 aromatic heterocycles. The SMILES string of the molecule is CC[C@H](C)[C@H](NC(=O)CCNS(=O)(=O)c1ccccc1F)C(=O)O. The molecular weight excluding hydrogens is 339 g/mol. The zero-order chi connectivity index (χ0) is 18.3. The van der Waals surface area contributed by atoms with Gasteiger partial charge in [0.15, 0.2) is 0 Å². The quantitative estimate of drug-likeness (QED) is 0.611. The molecule has 3 N–H and O–H groups in total. The monoisotopic (exact) mass is 360 g/mol. The average molecular weight is 360 g/mol. The Hall–Kier alpha value is -2.00. The fourth-order valence-corrected chi connectivity index (χ4v) is 3.08. The van der Waals surface area contributed by atoms with E-state index in [9.17, 15) is 22.4 Å². The first kappa shape index (κ1) is 20.0. The lowest BCUT2D eigenvalue weighted by molar-refractivity contribution is -0.143. The van der Waals surface area contributed by atoms with E-state index in [-0.39, 0.29) is 18.9 Å². The lowest BCUT2D eigenvalue weighted by Gasteiger charge is -2.20. The van der Waals surface area contributed by atoms with Gasteiger partial charge in [-0.15, -0.1) is 0 Å². The maximum Gasteiger partial charge on any atom is 0.326 e. The minimum Gasteiger partial charge on any atom is -0.480 e. The number of halogens is 1. The molecule has 9 heteroatoms. The van der Waals surface area contributed by atoms with Crippen LogP contribution in [0.25, 0.3) is 0 Å². The molecule has 2 atom stereocenters. The summed E-state index contributed by atoms with van der Waals surface area (Å²) in [5.74, 6) is -2.90. The summed E-state index contributed by atoms with van der Waals surface area (Å²) in [5, 5.41) is 11.4. The van der Waals surface area contributed by atoms with Crippen molar-refractivity contribution in [2.45, 2.75) is 37.6 Å². The Balaban J connectivity index is 2.59. The van der Waals surface area contributed by atoms with Crippen LogP contribution in [0, 0.1) is 11.7 Å². The highest BCUT2D eigenvalue weighted by Gasteiger charge is 2.25. The summed E-state index contributed by atoms with van der Waals surface area (Å²) in [7, 11) is -4.07. The summed E-state index contributed by atoms with van der Waals surface area (Å²) in [5.41, 5.74) is 0. The first-order valence-electron chi connectivity index (χ1n) is 7.45. The number of benzene rings is 1. The molecule has 7 nitrogen and oxygen atoms in total. The van der Waals surface area contributed by atoms with Crippen molar-refractivity contribution in [1.29, 1.82) is 0 Å². The third-order valence-corrected chi connectivity index (χ3v) is 5.06. The van der Waals surface area contributed by atoms with Crippen molar-refractivity contribution >= 4 is 21.9 Å². The Morgan fingerprint density at radius 3 is 2.46 bits per heavy atom. The van der Waals surface area contributed by atoms with E-state index in [0.29, 0.717) is 6.42 Å². The van der Waals surface area contributed by atoms with Gasteiger partial charge in [0, 0.05) is 13.0 Å². The zero-order valence-corrected chi connectivity index (χ0v) is 14.3. The Kier molecular flexibility index (Phi) is 7.30. The van der Waals surface area contributed by atoms with E-state index in [1.165, 1.54) is 12.1 Å². The van der Waals surface area contributed by atoms with E-state index in [2.05, 4.69) is 10.0 Å². The van der Waals surface area contributed by atoms with E-state index >= 15 is 0 Å². The van der Waals surface area contributed by atoms with Gasteiger partial charge in [-0.25, -0.2) is 22.3 Å². The molecule has 0 spiro atoms. The molecule has 24 heavy (non-hydrogen) atoms. The lowest BCUT2D eigenvalue weighted by Crippen LogP contribution is -2.45. The summed E-state index contributed by atoms with van der Waals surface area (Å²) in [4.78, 5) is 22.4. The molecule has 0 bridgehead atoms. The van der Waals surface area contributed by atoms with Gasteiger partial charge in [-0.1, -0.05) is 32.4 Å². The predicted molar refractivity (Wildman–Crippen MR) is 85.2 cm³/mol. The molecule has 0 saturated carbocycles. The predicted octanol–water partition coefficient (Wildman–Crippen LogP) is 1.11. The van der Waals surface area contributed by atoms with Gasteiger partial charge in [-0.05, 0) is 18.1 Å². The topological polar surface area (TPSA) is 113 Å². The van der Waals surface area contributed by atoms with Crippen molar-refractivity contribution in [2.75, 3.05) is 6.54 Å². The van der Waals surface area contributed by atoms with Crippen LogP contribution in [0.4, 0.5) is 4.39 Å². The van der Waals surface area contributed by atoms with E-state index in [1.807, 2.05) is 0 Å². The van der Waals surface area contributed by atoms with Gasteiger partial charge in [0.25, 0.3) is 0 Å². The van der Waals surface area contributed by atoms with Gasteiger partial charge < -0.3 is 10.4 Å². The van der Waals surface area contributed by atoms with Gasteiger partial charge in [-0.3, -0.25) is 4.79 Å². The van der Waals surface area contributed by atoms with Gasteiger partial charge in [0.2, 0.25) is 15.9 Å². The van der Waals surface area contributed by atoms with E-state index in [0.717, 1.165) is 12.1 Å². The second-order valence-electron chi connectivity index (χ2n) is 5.35. The number of rotatable bonds is 9. The normalized spacial score (nSPS) is 14.0. The van der Waals surface area contributed by atoms with Gasteiger partial charge in [-0.2, -0.15) is 0 Å². The molecule has 0 saturated heterocycles. The minimum atomic E-state index is -4.07. The van der Waals surface area contributed by atoms with Crippen LogP contribution in [0.15, 0.2) is 29.2 Å². The maximum atomic E-state index is 13.5. The van der Waals surface area contributed by atoms with Gasteiger partial charge >= 0.3 is 5.97 Å². The fraction of sp³-hybridized carbons (Fsp3) is 0.467. The standard InChI is InChI=1S/C15H21FN2O5S/c1-3-10(2)14(15(20)21)18-13(19)8-9-17-24(22,23)12-7-5-4-6-11(12)16/h4-7,10,14,17H,3,8-9H2,1-2H3,(H,18,19)(H,20,21)/t10-,14-/m0/s1. The Labute approximate surface area is 140 Å². The highest BCUT2D eigenvalue weighted by Crippen LogP contribution is 2.13. The smallest absolute Gasteiger partial charge is 0.326 e. The molecule has 0 fully saturated rings. The van der Waals surface area contributed by atoms with Crippen molar-refractivity contribution < 1.29 is 27.5 Å². The third kappa shape index (κ3) is 5.57. The number of amides is 1. The number of hydrogen-bond donors (Lipinski definition) is 3. The number of carbonyl (C=O) groups is 2. The summed E-state index contributed by atoms with van der Waals surface area (Å²) >= 11 is 0. The van der Waals surface area contributed by atoms with Crippen molar-refractivity contribution in [3.8, 4) is 0 Å². The number of carbonyl (C=O) groups excluding carboxylic acids is 1. The Morgan fingerprint density at radius 2 is 1.92 bits per heavy atom. The molecule has 0 radical (unpaired) electrons. The Morgan fingerprint density at radius 1 is 1.29 bits per heavy atom. The largest absolute Gasteiger partial charge is 0.480 e. The van der Waals surface area contributed by atoms with Crippen LogP contribution in [0.5, 0.6) is 0 Å². The van der Waals surface area contributed by atoms with E-state index in [4.69, 9.17) is 5.11 Å². The maximum absolute atomic E-state index is 13.5. The molecule has 0 unspecified atom stereocenters. The molecule has 0 aliphatic heterocycles. The number of carboxylic acid groups (broad SMARTS) is 1. The average Bonchev–Trinajstić information content (AvgIpc) is 2.51. The zero-order valence-electron chi connectivity index (χ0n) is 13.5. The number of carboxylic acids is 1. The number of aliphatic carboxylic acids is 1. The van der Waals surface area contributed by atoms with Crippen LogP contribution in [0.3, 0.4) is 0 Å². The summed E-state index contributed by atoms with van der Waals surface area (Å²) < 4.78 is 39.5. The van der Waals surface area contributed by atoms with E-state index < -0.39 is 38.7 Å². The summed E-state index contributed by atoms with van der Waals surface area (Å²) in [6.07, 6.45) is 0.311. The molecule has 1 rings (SSSR count). The molecular formula is C15H21FN2O5S. The van der Waals surface area contributed by atoms with Crippen molar-refractivity contribution in [3.63, 3.8) is 0 Å². The van der Waals surface area contributed by atoms with Crippen LogP contribution >= 0.6 is 0 Å². The number of nitrogens with one attached hydrogen (secondary N) is 2. The Bertz CT molecular complexity index is 693. The molecule has 0 heterocycles.